The highest BCUT2D eigenvalue weighted by molar-refractivity contribution is 7.89. The lowest BCUT2D eigenvalue weighted by molar-refractivity contribution is -0.126. The van der Waals surface area contributed by atoms with Gasteiger partial charge in [-0.1, -0.05) is 30.3 Å². The SMILES string of the molecule is CCS(=O)(=O)N1CCC[C@H](C(=O)NCCc2ccccc2)C1. The fraction of sp³-hybridized carbons (Fsp3) is 0.562. The highest BCUT2D eigenvalue weighted by atomic mass is 32.2. The zero-order chi connectivity index (χ0) is 16.0. The summed E-state index contributed by atoms with van der Waals surface area (Å²) in [5.74, 6) is -0.173. The molecule has 0 unspecified atom stereocenters. The lowest BCUT2D eigenvalue weighted by Gasteiger charge is -2.30. The van der Waals surface area contributed by atoms with Gasteiger partial charge in [-0.3, -0.25) is 4.79 Å². The first kappa shape index (κ1) is 17.0. The average molecular weight is 324 g/mol. The van der Waals surface area contributed by atoms with Crippen molar-refractivity contribution >= 4 is 15.9 Å². The maximum absolute atomic E-state index is 12.2. The second kappa shape index (κ2) is 7.74. The van der Waals surface area contributed by atoms with Crippen LogP contribution in [0, 0.1) is 5.92 Å². The summed E-state index contributed by atoms with van der Waals surface area (Å²) in [4.78, 5) is 12.2. The normalized spacial score (nSPS) is 19.8. The minimum atomic E-state index is -3.20. The van der Waals surface area contributed by atoms with Crippen molar-refractivity contribution in [3.05, 3.63) is 35.9 Å². The molecule has 1 fully saturated rings. The van der Waals surface area contributed by atoms with Crippen molar-refractivity contribution in [2.24, 2.45) is 5.92 Å². The van der Waals surface area contributed by atoms with Gasteiger partial charge in [0, 0.05) is 19.6 Å². The zero-order valence-electron chi connectivity index (χ0n) is 13.0. The number of nitrogens with zero attached hydrogens (tertiary/aromatic N) is 1. The molecule has 6 heteroatoms. The molecule has 1 aromatic carbocycles. The molecular weight excluding hydrogens is 300 g/mol. The van der Waals surface area contributed by atoms with Crippen molar-refractivity contribution in [3.8, 4) is 0 Å². The van der Waals surface area contributed by atoms with Crippen LogP contribution in [0.15, 0.2) is 30.3 Å². The zero-order valence-corrected chi connectivity index (χ0v) is 13.8. The summed E-state index contributed by atoms with van der Waals surface area (Å²) >= 11 is 0. The van der Waals surface area contributed by atoms with Crippen LogP contribution in [0.25, 0.3) is 0 Å². The number of benzene rings is 1. The molecule has 1 N–H and O–H groups in total. The number of piperidine rings is 1. The molecule has 1 saturated heterocycles. The van der Waals surface area contributed by atoms with Gasteiger partial charge in [-0.15, -0.1) is 0 Å². The second-order valence-corrected chi connectivity index (χ2v) is 7.88. The first-order chi connectivity index (χ1) is 10.5. The molecule has 5 nitrogen and oxygen atoms in total. The van der Waals surface area contributed by atoms with Crippen LogP contribution >= 0.6 is 0 Å². The van der Waals surface area contributed by atoms with Gasteiger partial charge < -0.3 is 5.32 Å². The minimum Gasteiger partial charge on any atom is -0.355 e. The molecule has 1 aromatic rings. The summed E-state index contributed by atoms with van der Waals surface area (Å²) < 4.78 is 25.3. The molecule has 1 amide bonds. The van der Waals surface area contributed by atoms with Gasteiger partial charge in [0.15, 0.2) is 0 Å². The minimum absolute atomic E-state index is 0.0352. The first-order valence-corrected chi connectivity index (χ1v) is 9.43. The molecule has 0 bridgehead atoms. The molecule has 0 radical (unpaired) electrons. The van der Waals surface area contributed by atoms with Crippen LogP contribution in [0.3, 0.4) is 0 Å². The second-order valence-electron chi connectivity index (χ2n) is 5.62. The molecule has 1 heterocycles. The quantitative estimate of drug-likeness (QED) is 0.860. The van der Waals surface area contributed by atoms with Crippen LogP contribution in [-0.2, 0) is 21.2 Å². The van der Waals surface area contributed by atoms with Crippen LogP contribution in [0.4, 0.5) is 0 Å². The third-order valence-corrected chi connectivity index (χ3v) is 5.92. The lowest BCUT2D eigenvalue weighted by atomic mass is 9.99. The van der Waals surface area contributed by atoms with E-state index in [9.17, 15) is 13.2 Å². The van der Waals surface area contributed by atoms with Crippen molar-refractivity contribution in [2.75, 3.05) is 25.4 Å². The molecule has 2 rings (SSSR count). The standard InChI is InChI=1S/C16H24N2O3S/c1-2-22(20,21)18-12-6-9-15(13-18)16(19)17-11-10-14-7-4-3-5-8-14/h3-5,7-8,15H,2,6,9-13H2,1H3,(H,17,19)/t15-/m0/s1. The molecule has 0 spiro atoms. The number of sulfonamides is 1. The van der Waals surface area contributed by atoms with Gasteiger partial charge >= 0.3 is 0 Å². The molecule has 1 aliphatic heterocycles. The Morgan fingerprint density at radius 3 is 2.73 bits per heavy atom. The Morgan fingerprint density at radius 1 is 1.32 bits per heavy atom. The Labute approximate surface area is 132 Å². The third-order valence-electron chi connectivity index (χ3n) is 4.07. The maximum Gasteiger partial charge on any atom is 0.224 e. The van der Waals surface area contributed by atoms with Gasteiger partial charge in [-0.2, -0.15) is 0 Å². The van der Waals surface area contributed by atoms with E-state index >= 15 is 0 Å². The molecule has 1 atom stereocenters. The van der Waals surface area contributed by atoms with E-state index in [2.05, 4.69) is 5.32 Å². The number of amides is 1. The van der Waals surface area contributed by atoms with Crippen LogP contribution in [0.5, 0.6) is 0 Å². The van der Waals surface area contributed by atoms with E-state index in [0.29, 0.717) is 19.6 Å². The summed E-state index contributed by atoms with van der Waals surface area (Å²) in [5.41, 5.74) is 1.18. The topological polar surface area (TPSA) is 66.5 Å². The Balaban J connectivity index is 1.82. The van der Waals surface area contributed by atoms with Gasteiger partial charge in [-0.05, 0) is 31.7 Å². The Hall–Kier alpha value is -1.40. The molecule has 22 heavy (non-hydrogen) atoms. The van der Waals surface area contributed by atoms with Crippen molar-refractivity contribution in [3.63, 3.8) is 0 Å². The van der Waals surface area contributed by atoms with Gasteiger partial charge in [0.1, 0.15) is 0 Å². The summed E-state index contributed by atoms with van der Waals surface area (Å²) in [6, 6.07) is 9.98. The number of carbonyl (C=O) groups excluding carboxylic acids is 1. The predicted octanol–water partition coefficient (Wildman–Crippen LogP) is 1.41. The van der Waals surface area contributed by atoms with Crippen molar-refractivity contribution in [2.45, 2.75) is 26.2 Å². The molecular formula is C16H24N2O3S. The van der Waals surface area contributed by atoms with E-state index in [-0.39, 0.29) is 17.6 Å². The molecule has 122 valence electrons. The van der Waals surface area contributed by atoms with Gasteiger partial charge in [0.05, 0.1) is 11.7 Å². The van der Waals surface area contributed by atoms with Gasteiger partial charge in [-0.25, -0.2) is 12.7 Å². The number of nitrogens with one attached hydrogen (secondary N) is 1. The average Bonchev–Trinajstić information content (AvgIpc) is 2.56. The van der Waals surface area contributed by atoms with Crippen LogP contribution in [0.1, 0.15) is 25.3 Å². The Morgan fingerprint density at radius 2 is 2.05 bits per heavy atom. The lowest BCUT2D eigenvalue weighted by Crippen LogP contribution is -2.46. The van der Waals surface area contributed by atoms with E-state index in [1.54, 1.807) is 6.92 Å². The van der Waals surface area contributed by atoms with E-state index in [1.807, 2.05) is 30.3 Å². The van der Waals surface area contributed by atoms with E-state index < -0.39 is 10.0 Å². The van der Waals surface area contributed by atoms with Crippen LogP contribution in [0.2, 0.25) is 0 Å². The van der Waals surface area contributed by atoms with E-state index in [1.165, 1.54) is 9.87 Å². The molecule has 0 aromatic heterocycles. The monoisotopic (exact) mass is 324 g/mol. The number of hydrogen-bond donors (Lipinski definition) is 1. The molecule has 0 saturated carbocycles. The smallest absolute Gasteiger partial charge is 0.224 e. The third kappa shape index (κ3) is 4.55. The van der Waals surface area contributed by atoms with Gasteiger partial charge in [0.2, 0.25) is 15.9 Å². The Bertz CT molecular complexity index is 587. The number of rotatable bonds is 6. The van der Waals surface area contributed by atoms with E-state index in [0.717, 1.165) is 19.3 Å². The summed E-state index contributed by atoms with van der Waals surface area (Å²) in [6.07, 6.45) is 2.29. The fourth-order valence-corrected chi connectivity index (χ4v) is 3.89. The summed E-state index contributed by atoms with van der Waals surface area (Å²) in [5, 5.41) is 2.93. The van der Waals surface area contributed by atoms with Crippen molar-refractivity contribution < 1.29 is 13.2 Å². The predicted molar refractivity (Wildman–Crippen MR) is 86.9 cm³/mol. The molecule has 1 aliphatic rings. The van der Waals surface area contributed by atoms with E-state index in [4.69, 9.17) is 0 Å². The number of carbonyl (C=O) groups is 1. The summed E-state index contributed by atoms with van der Waals surface area (Å²) in [6.45, 7) is 3.07. The fourth-order valence-electron chi connectivity index (χ4n) is 2.71. The highest BCUT2D eigenvalue weighted by Gasteiger charge is 2.31. The van der Waals surface area contributed by atoms with Gasteiger partial charge in [0.25, 0.3) is 0 Å². The molecule has 0 aliphatic carbocycles. The first-order valence-electron chi connectivity index (χ1n) is 7.82. The Kier molecular flexibility index (Phi) is 5.97. The van der Waals surface area contributed by atoms with Crippen molar-refractivity contribution in [1.29, 1.82) is 0 Å². The van der Waals surface area contributed by atoms with Crippen molar-refractivity contribution in [1.82, 2.24) is 9.62 Å². The maximum atomic E-state index is 12.2. The van der Waals surface area contributed by atoms with Crippen LogP contribution < -0.4 is 5.32 Å². The summed E-state index contributed by atoms with van der Waals surface area (Å²) in [7, 11) is -3.20. The number of hydrogen-bond acceptors (Lipinski definition) is 3. The highest BCUT2D eigenvalue weighted by Crippen LogP contribution is 2.19. The van der Waals surface area contributed by atoms with Crippen LogP contribution in [-0.4, -0.2) is 44.0 Å². The largest absolute Gasteiger partial charge is 0.355 e.